The smallest absolute Gasteiger partial charge is 0.306 e. The molecule has 0 saturated heterocycles. The van der Waals surface area contributed by atoms with Gasteiger partial charge < -0.3 is 9.64 Å². The Morgan fingerprint density at radius 2 is 1.97 bits per heavy atom. The molecule has 7 heteroatoms. The van der Waals surface area contributed by atoms with Gasteiger partial charge in [-0.1, -0.05) is 40.0 Å². The lowest BCUT2D eigenvalue weighted by Gasteiger charge is -2.37. The zero-order valence-electron chi connectivity index (χ0n) is 17.9. The third-order valence-corrected chi connectivity index (χ3v) is 5.75. The van der Waals surface area contributed by atoms with E-state index >= 15 is 4.39 Å². The van der Waals surface area contributed by atoms with Crippen molar-refractivity contribution in [1.29, 1.82) is 0 Å². The Labute approximate surface area is 172 Å². The fraction of sp³-hybridized carbons (Fsp3) is 0.682. The van der Waals surface area contributed by atoms with Crippen molar-refractivity contribution >= 4 is 17.3 Å². The molecule has 2 rings (SSSR count). The van der Waals surface area contributed by atoms with E-state index in [4.69, 9.17) is 4.74 Å². The first kappa shape index (κ1) is 23.1. The van der Waals surface area contributed by atoms with Crippen LogP contribution in [-0.2, 0) is 9.53 Å². The molecule has 0 bridgehead atoms. The predicted octanol–water partition coefficient (Wildman–Crippen LogP) is 5.59. The highest BCUT2D eigenvalue weighted by Gasteiger charge is 2.31. The zero-order chi connectivity index (χ0) is 21.6. The van der Waals surface area contributed by atoms with E-state index in [2.05, 4.69) is 13.8 Å². The van der Waals surface area contributed by atoms with Crippen LogP contribution in [0.4, 0.5) is 15.8 Å². The molecule has 1 atom stereocenters. The number of ether oxygens (including phenoxy) is 1. The molecule has 0 aliphatic heterocycles. The largest absolute Gasteiger partial charge is 0.469 e. The molecule has 1 unspecified atom stereocenters. The highest BCUT2D eigenvalue weighted by molar-refractivity contribution is 5.71. The van der Waals surface area contributed by atoms with Crippen LogP contribution in [0.1, 0.15) is 77.2 Å². The van der Waals surface area contributed by atoms with Crippen LogP contribution in [0.25, 0.3) is 0 Å². The molecule has 1 aromatic rings. The summed E-state index contributed by atoms with van der Waals surface area (Å²) in [5.74, 6) is -1.11. The van der Waals surface area contributed by atoms with Crippen LogP contribution in [0.3, 0.4) is 0 Å². The van der Waals surface area contributed by atoms with Gasteiger partial charge in [0.2, 0.25) is 0 Å². The number of hydrogen-bond acceptors (Lipinski definition) is 5. The van der Waals surface area contributed by atoms with Gasteiger partial charge in [0.05, 0.1) is 18.5 Å². The topological polar surface area (TPSA) is 72.7 Å². The van der Waals surface area contributed by atoms with Gasteiger partial charge in [-0.2, -0.15) is 0 Å². The van der Waals surface area contributed by atoms with Crippen LogP contribution in [-0.4, -0.2) is 30.6 Å². The molecule has 0 spiro atoms. The van der Waals surface area contributed by atoms with E-state index in [1.165, 1.54) is 25.7 Å². The zero-order valence-corrected chi connectivity index (χ0v) is 17.9. The molecule has 0 N–H and O–H groups in total. The number of carbonyl (C=O) groups excluding carboxylic acids is 1. The first-order valence-electron chi connectivity index (χ1n) is 10.6. The van der Waals surface area contributed by atoms with Gasteiger partial charge in [0.1, 0.15) is 11.5 Å². The van der Waals surface area contributed by atoms with Gasteiger partial charge in [0.15, 0.2) is 0 Å². The minimum Gasteiger partial charge on any atom is -0.469 e. The summed E-state index contributed by atoms with van der Waals surface area (Å²) in [6.07, 6.45) is 5.77. The Hall–Kier alpha value is -2.18. The maximum Gasteiger partial charge on any atom is 0.306 e. The Morgan fingerprint density at radius 3 is 2.48 bits per heavy atom. The fourth-order valence-corrected chi connectivity index (χ4v) is 4.25. The summed E-state index contributed by atoms with van der Waals surface area (Å²) in [7, 11) is 1.28. The molecule has 1 aromatic carbocycles. The van der Waals surface area contributed by atoms with Crippen molar-refractivity contribution in [2.75, 3.05) is 18.6 Å². The monoisotopic (exact) mass is 408 g/mol. The SMILES string of the molecule is CCC(CC(=O)OC)c1cc([N+](=O)[O-])c(N(CC(C)C)C2CCCCC2)cc1F. The van der Waals surface area contributed by atoms with Crippen molar-refractivity contribution in [3.63, 3.8) is 0 Å². The van der Waals surface area contributed by atoms with Crippen LogP contribution < -0.4 is 4.90 Å². The van der Waals surface area contributed by atoms with Crippen molar-refractivity contribution in [2.24, 2.45) is 5.92 Å². The lowest BCUT2D eigenvalue weighted by Crippen LogP contribution is -2.39. The lowest BCUT2D eigenvalue weighted by atomic mass is 9.90. The Kier molecular flexibility index (Phi) is 8.41. The quantitative estimate of drug-likeness (QED) is 0.303. The van der Waals surface area contributed by atoms with Crippen molar-refractivity contribution in [3.05, 3.63) is 33.6 Å². The van der Waals surface area contributed by atoms with E-state index in [9.17, 15) is 14.9 Å². The molecule has 1 saturated carbocycles. The highest BCUT2D eigenvalue weighted by Crippen LogP contribution is 2.39. The Morgan fingerprint density at radius 1 is 1.31 bits per heavy atom. The molecular weight excluding hydrogens is 375 g/mol. The minimum absolute atomic E-state index is 0.00124. The third-order valence-electron chi connectivity index (χ3n) is 5.75. The van der Waals surface area contributed by atoms with Crippen LogP contribution in [0, 0.1) is 21.8 Å². The average Bonchev–Trinajstić information content (AvgIpc) is 2.70. The first-order chi connectivity index (χ1) is 13.8. The number of methoxy groups -OCH3 is 1. The average molecular weight is 409 g/mol. The summed E-state index contributed by atoms with van der Waals surface area (Å²) in [5, 5.41) is 11.9. The number of benzene rings is 1. The van der Waals surface area contributed by atoms with E-state index in [0.29, 0.717) is 24.6 Å². The second-order valence-electron chi connectivity index (χ2n) is 8.34. The summed E-state index contributed by atoms with van der Waals surface area (Å²) in [6.45, 7) is 6.61. The van der Waals surface area contributed by atoms with E-state index in [0.717, 1.165) is 25.7 Å². The van der Waals surface area contributed by atoms with Crippen LogP contribution in [0.5, 0.6) is 0 Å². The van der Waals surface area contributed by atoms with Crippen LogP contribution in [0.15, 0.2) is 12.1 Å². The fourth-order valence-electron chi connectivity index (χ4n) is 4.25. The Balaban J connectivity index is 2.50. The van der Waals surface area contributed by atoms with Gasteiger partial charge in [0.25, 0.3) is 5.69 Å². The summed E-state index contributed by atoms with van der Waals surface area (Å²) in [4.78, 5) is 25.2. The number of anilines is 1. The molecule has 1 aliphatic carbocycles. The number of halogens is 1. The summed E-state index contributed by atoms with van der Waals surface area (Å²) in [6, 6.07) is 2.83. The van der Waals surface area contributed by atoms with E-state index < -0.39 is 22.6 Å². The molecule has 0 radical (unpaired) electrons. The van der Waals surface area contributed by atoms with Crippen LogP contribution >= 0.6 is 0 Å². The number of carbonyl (C=O) groups is 1. The number of rotatable bonds is 9. The van der Waals surface area contributed by atoms with Gasteiger partial charge in [-0.05, 0) is 36.7 Å². The number of nitro groups is 1. The normalized spacial score (nSPS) is 15.9. The van der Waals surface area contributed by atoms with Crippen molar-refractivity contribution < 1.29 is 18.8 Å². The molecule has 1 aliphatic rings. The summed E-state index contributed by atoms with van der Waals surface area (Å²) >= 11 is 0. The lowest BCUT2D eigenvalue weighted by molar-refractivity contribution is -0.384. The van der Waals surface area contributed by atoms with E-state index in [-0.39, 0.29) is 23.7 Å². The molecule has 1 fully saturated rings. The first-order valence-corrected chi connectivity index (χ1v) is 10.6. The van der Waals surface area contributed by atoms with Gasteiger partial charge in [0, 0.05) is 24.7 Å². The minimum atomic E-state index is -0.495. The Bertz CT molecular complexity index is 717. The van der Waals surface area contributed by atoms with Gasteiger partial charge in [-0.15, -0.1) is 0 Å². The maximum atomic E-state index is 15.1. The molecule has 0 aromatic heterocycles. The van der Waals surface area contributed by atoms with E-state index in [1.54, 1.807) is 0 Å². The second-order valence-corrected chi connectivity index (χ2v) is 8.34. The summed E-state index contributed by atoms with van der Waals surface area (Å²) in [5.41, 5.74) is 0.474. The number of nitrogens with zero attached hydrogens (tertiary/aromatic N) is 2. The highest BCUT2D eigenvalue weighted by atomic mass is 19.1. The van der Waals surface area contributed by atoms with Crippen molar-refractivity contribution in [2.45, 2.75) is 77.7 Å². The predicted molar refractivity (Wildman–Crippen MR) is 112 cm³/mol. The van der Waals surface area contributed by atoms with Crippen molar-refractivity contribution in [3.8, 4) is 0 Å². The molecular formula is C22H33FN2O4. The molecule has 162 valence electrons. The standard InChI is InChI=1S/C22H33FN2O4/c1-5-16(11-22(26)29-4)18-12-21(25(27)28)20(13-19(18)23)24(14-15(2)3)17-9-7-6-8-10-17/h12-13,15-17H,5-11,14H2,1-4H3. The van der Waals surface area contributed by atoms with Gasteiger partial charge in [-0.3, -0.25) is 14.9 Å². The number of nitro benzene ring substituents is 1. The number of hydrogen-bond donors (Lipinski definition) is 0. The van der Waals surface area contributed by atoms with Gasteiger partial charge >= 0.3 is 5.97 Å². The van der Waals surface area contributed by atoms with E-state index in [1.807, 2.05) is 11.8 Å². The maximum absolute atomic E-state index is 15.1. The summed E-state index contributed by atoms with van der Waals surface area (Å²) < 4.78 is 19.9. The number of esters is 1. The van der Waals surface area contributed by atoms with Crippen molar-refractivity contribution in [1.82, 2.24) is 0 Å². The second kappa shape index (κ2) is 10.6. The molecule has 6 nitrogen and oxygen atoms in total. The third kappa shape index (κ3) is 5.90. The van der Waals surface area contributed by atoms with Crippen LogP contribution in [0.2, 0.25) is 0 Å². The molecule has 0 heterocycles. The molecule has 0 amide bonds. The van der Waals surface area contributed by atoms with Gasteiger partial charge in [-0.25, -0.2) is 4.39 Å². The molecule has 29 heavy (non-hydrogen) atoms.